The van der Waals surface area contributed by atoms with Crippen molar-refractivity contribution in [3.63, 3.8) is 0 Å². The van der Waals surface area contributed by atoms with Gasteiger partial charge in [-0.05, 0) is 18.2 Å². The van der Waals surface area contributed by atoms with Gasteiger partial charge in [0.15, 0.2) is 11.2 Å². The number of hydrogen-bond donors (Lipinski definition) is 2. The molecule has 28 heavy (non-hydrogen) atoms. The van der Waals surface area contributed by atoms with Crippen LogP contribution in [0.1, 0.15) is 6.92 Å². The Morgan fingerprint density at radius 1 is 1.18 bits per heavy atom. The van der Waals surface area contributed by atoms with E-state index in [1.165, 1.54) is 41.6 Å². The Bertz CT molecular complexity index is 1220. The molecular weight excluding hydrogens is 388 g/mol. The zero-order valence-corrected chi connectivity index (χ0v) is 16.1. The van der Waals surface area contributed by atoms with Crippen molar-refractivity contribution >= 4 is 46.0 Å². The molecule has 2 amide bonds. The normalized spacial score (nSPS) is 10.9. The topological polar surface area (TPSA) is 120 Å². The molecular formula is C17H17ClN6O4. The summed E-state index contributed by atoms with van der Waals surface area (Å²) in [4.78, 5) is 52.6. The molecule has 0 aliphatic heterocycles. The Morgan fingerprint density at radius 3 is 2.54 bits per heavy atom. The third-order valence-electron chi connectivity index (χ3n) is 4.07. The highest BCUT2D eigenvalue weighted by Crippen LogP contribution is 2.25. The molecule has 0 saturated carbocycles. The first-order chi connectivity index (χ1) is 13.2. The van der Waals surface area contributed by atoms with E-state index in [4.69, 9.17) is 11.6 Å². The highest BCUT2D eigenvalue weighted by molar-refractivity contribution is 6.34. The van der Waals surface area contributed by atoms with E-state index in [1.54, 1.807) is 13.1 Å². The molecule has 0 bridgehead atoms. The molecule has 146 valence electrons. The fourth-order valence-electron chi connectivity index (χ4n) is 2.77. The third kappa shape index (κ3) is 3.54. The van der Waals surface area contributed by atoms with Gasteiger partial charge in [0.25, 0.3) is 5.56 Å². The van der Waals surface area contributed by atoms with Crippen LogP contribution in [-0.4, -0.2) is 30.5 Å². The van der Waals surface area contributed by atoms with Crippen molar-refractivity contribution in [2.24, 2.45) is 14.1 Å². The lowest BCUT2D eigenvalue weighted by Gasteiger charge is -2.11. The Hall–Kier alpha value is -3.40. The van der Waals surface area contributed by atoms with Gasteiger partial charge in [-0.2, -0.15) is 0 Å². The van der Waals surface area contributed by atoms with Gasteiger partial charge in [-0.3, -0.25) is 19.0 Å². The summed E-state index contributed by atoms with van der Waals surface area (Å²) in [6.45, 7) is 0.872. The zero-order valence-electron chi connectivity index (χ0n) is 15.3. The number of aromatic nitrogens is 4. The Morgan fingerprint density at radius 2 is 1.89 bits per heavy atom. The van der Waals surface area contributed by atoms with Crippen LogP contribution in [0.2, 0.25) is 5.02 Å². The van der Waals surface area contributed by atoms with Gasteiger partial charge in [-0.25, -0.2) is 14.3 Å². The van der Waals surface area contributed by atoms with Crippen LogP contribution >= 0.6 is 11.6 Å². The van der Waals surface area contributed by atoms with Gasteiger partial charge in [0.1, 0.15) is 6.54 Å². The van der Waals surface area contributed by atoms with E-state index in [0.29, 0.717) is 5.69 Å². The standard InChI is InChI=1S/C17H17ClN6O4/c1-9(25)20-10-4-5-12(11(18)6-10)21-13(26)7-24-16(27)14-15(19-8-22(14)2)23(3)17(24)28/h4-6,8H,7H2,1-3H3,(H,20,25)(H,21,26). The summed E-state index contributed by atoms with van der Waals surface area (Å²) < 4.78 is 3.53. The van der Waals surface area contributed by atoms with Crippen LogP contribution in [0, 0.1) is 0 Å². The second-order valence-electron chi connectivity index (χ2n) is 6.18. The molecule has 11 heteroatoms. The smallest absolute Gasteiger partial charge is 0.328 e. The number of anilines is 2. The van der Waals surface area contributed by atoms with Crippen molar-refractivity contribution in [1.29, 1.82) is 0 Å². The number of aryl methyl sites for hydroxylation is 2. The van der Waals surface area contributed by atoms with Gasteiger partial charge >= 0.3 is 5.69 Å². The van der Waals surface area contributed by atoms with Crippen LogP contribution in [0.25, 0.3) is 11.2 Å². The average molecular weight is 405 g/mol. The minimum Gasteiger partial charge on any atom is -0.328 e. The van der Waals surface area contributed by atoms with Gasteiger partial charge in [0.05, 0.1) is 17.0 Å². The number of rotatable bonds is 4. The SMILES string of the molecule is CC(=O)Nc1ccc(NC(=O)Cn2c(=O)c3c(ncn3C)n(C)c2=O)c(Cl)c1. The van der Waals surface area contributed by atoms with Gasteiger partial charge in [-0.15, -0.1) is 0 Å². The number of fused-ring (bicyclic) bond motifs is 1. The molecule has 10 nitrogen and oxygen atoms in total. The predicted octanol–water partition coefficient (Wildman–Crippen LogP) is 0.684. The molecule has 0 fully saturated rings. The monoisotopic (exact) mass is 404 g/mol. The number of benzene rings is 1. The maximum absolute atomic E-state index is 12.6. The lowest BCUT2D eigenvalue weighted by Crippen LogP contribution is -2.42. The second-order valence-corrected chi connectivity index (χ2v) is 6.59. The number of amides is 2. The van der Waals surface area contributed by atoms with Crippen molar-refractivity contribution in [3.05, 3.63) is 50.4 Å². The van der Waals surface area contributed by atoms with Crippen LogP contribution in [0.15, 0.2) is 34.1 Å². The molecule has 0 spiro atoms. The second kappa shape index (κ2) is 7.31. The summed E-state index contributed by atoms with van der Waals surface area (Å²) >= 11 is 6.12. The molecule has 0 saturated heterocycles. The fraction of sp³-hybridized carbons (Fsp3) is 0.235. The zero-order chi connectivity index (χ0) is 20.6. The molecule has 3 aromatic rings. The summed E-state index contributed by atoms with van der Waals surface area (Å²) in [7, 11) is 3.10. The van der Waals surface area contributed by atoms with Crippen LogP contribution in [0.3, 0.4) is 0 Å². The Balaban J connectivity index is 1.88. The first-order valence-electron chi connectivity index (χ1n) is 8.17. The lowest BCUT2D eigenvalue weighted by molar-refractivity contribution is -0.117. The number of halogens is 1. The van der Waals surface area contributed by atoms with E-state index >= 15 is 0 Å². The molecule has 2 aromatic heterocycles. The third-order valence-corrected chi connectivity index (χ3v) is 4.38. The molecule has 0 aliphatic carbocycles. The maximum Gasteiger partial charge on any atom is 0.332 e. The van der Waals surface area contributed by atoms with E-state index in [1.807, 2.05) is 0 Å². The van der Waals surface area contributed by atoms with Gasteiger partial charge in [0.2, 0.25) is 11.8 Å². The van der Waals surface area contributed by atoms with E-state index in [2.05, 4.69) is 15.6 Å². The molecule has 0 aliphatic rings. The number of nitrogens with one attached hydrogen (secondary N) is 2. The largest absolute Gasteiger partial charge is 0.332 e. The fourth-order valence-corrected chi connectivity index (χ4v) is 2.99. The Kier molecular flexibility index (Phi) is 5.06. The summed E-state index contributed by atoms with van der Waals surface area (Å²) in [5.41, 5.74) is -0.0494. The number of nitrogens with zero attached hydrogens (tertiary/aromatic N) is 4. The molecule has 0 unspecified atom stereocenters. The quantitative estimate of drug-likeness (QED) is 0.662. The summed E-state index contributed by atoms with van der Waals surface area (Å²) in [6.07, 6.45) is 1.42. The van der Waals surface area contributed by atoms with E-state index < -0.39 is 23.7 Å². The van der Waals surface area contributed by atoms with Crippen LogP contribution in [-0.2, 0) is 30.2 Å². The highest BCUT2D eigenvalue weighted by Gasteiger charge is 2.17. The first kappa shape index (κ1) is 19.4. The highest BCUT2D eigenvalue weighted by atomic mass is 35.5. The lowest BCUT2D eigenvalue weighted by atomic mass is 10.2. The van der Waals surface area contributed by atoms with E-state index in [9.17, 15) is 19.2 Å². The minimum atomic E-state index is -0.654. The van der Waals surface area contributed by atoms with Crippen molar-refractivity contribution in [2.75, 3.05) is 10.6 Å². The van der Waals surface area contributed by atoms with Crippen LogP contribution in [0.5, 0.6) is 0 Å². The molecule has 0 atom stereocenters. The Labute approximate surface area is 163 Å². The number of carbonyl (C=O) groups is 2. The minimum absolute atomic E-state index is 0.196. The number of carbonyl (C=O) groups excluding carboxylic acids is 2. The molecule has 0 radical (unpaired) electrons. The average Bonchev–Trinajstić information content (AvgIpc) is 3.00. The summed E-state index contributed by atoms with van der Waals surface area (Å²) in [6, 6.07) is 4.55. The van der Waals surface area contributed by atoms with Crippen LogP contribution in [0.4, 0.5) is 11.4 Å². The van der Waals surface area contributed by atoms with Gasteiger partial charge < -0.3 is 15.2 Å². The number of hydrogen-bond acceptors (Lipinski definition) is 5. The molecule has 2 N–H and O–H groups in total. The van der Waals surface area contributed by atoms with Crippen molar-refractivity contribution in [3.8, 4) is 0 Å². The summed E-state index contributed by atoms with van der Waals surface area (Å²) in [5, 5.41) is 5.33. The molecule has 3 rings (SSSR count). The predicted molar refractivity (Wildman–Crippen MR) is 105 cm³/mol. The van der Waals surface area contributed by atoms with Gasteiger partial charge in [0, 0.05) is 26.7 Å². The molecule has 1 aromatic carbocycles. The van der Waals surface area contributed by atoms with Gasteiger partial charge in [-0.1, -0.05) is 11.6 Å². The van der Waals surface area contributed by atoms with E-state index in [-0.39, 0.29) is 27.8 Å². The first-order valence-corrected chi connectivity index (χ1v) is 8.54. The van der Waals surface area contributed by atoms with Crippen LogP contribution < -0.4 is 21.9 Å². The van der Waals surface area contributed by atoms with E-state index in [0.717, 1.165) is 4.57 Å². The molecule has 2 heterocycles. The van der Waals surface area contributed by atoms with Crippen molar-refractivity contribution in [2.45, 2.75) is 13.5 Å². The maximum atomic E-state index is 12.6. The number of imidazole rings is 1. The van der Waals surface area contributed by atoms with Crippen molar-refractivity contribution < 1.29 is 9.59 Å². The van der Waals surface area contributed by atoms with Crippen molar-refractivity contribution in [1.82, 2.24) is 18.7 Å². The summed E-state index contributed by atoms with van der Waals surface area (Å²) in [5.74, 6) is -0.858.